The lowest BCUT2D eigenvalue weighted by molar-refractivity contribution is 0.346. The first-order chi connectivity index (χ1) is 8.81. The van der Waals surface area contributed by atoms with Crippen LogP contribution in [0.15, 0.2) is 34.8 Å². The summed E-state index contributed by atoms with van der Waals surface area (Å²) < 4.78 is 6.71. The maximum Gasteiger partial charge on any atom is 0.133 e. The van der Waals surface area contributed by atoms with Gasteiger partial charge in [0.1, 0.15) is 12.4 Å². The molecule has 0 spiro atoms. The fourth-order valence-electron chi connectivity index (χ4n) is 1.42. The molecule has 0 radical (unpaired) electrons. The molecule has 0 fully saturated rings. The molecular weight excluding hydrogens is 302 g/mol. The Morgan fingerprint density at radius 1 is 1.37 bits per heavy atom. The predicted molar refractivity (Wildman–Crippen MR) is 85.7 cm³/mol. The van der Waals surface area contributed by atoms with E-state index in [1.54, 1.807) is 0 Å². The predicted octanol–water partition coefficient (Wildman–Crippen LogP) is 4.68. The van der Waals surface area contributed by atoms with E-state index in [1.165, 1.54) is 5.56 Å². The molecule has 106 valence electrons. The van der Waals surface area contributed by atoms with Crippen LogP contribution in [0.2, 0.25) is 0 Å². The zero-order valence-corrected chi connectivity index (χ0v) is 13.9. The van der Waals surface area contributed by atoms with Gasteiger partial charge in [-0.3, -0.25) is 0 Å². The van der Waals surface area contributed by atoms with Crippen molar-refractivity contribution in [3.63, 3.8) is 0 Å². The highest BCUT2D eigenvalue weighted by molar-refractivity contribution is 9.10. The number of hydrogen-bond acceptors (Lipinski definition) is 2. The minimum Gasteiger partial charge on any atom is -0.488 e. The van der Waals surface area contributed by atoms with Crippen LogP contribution in [0.3, 0.4) is 0 Å². The Labute approximate surface area is 125 Å². The number of ether oxygens (including phenoxy) is 1. The second-order valence-corrected chi connectivity index (χ2v) is 6.61. The maximum atomic E-state index is 5.72. The van der Waals surface area contributed by atoms with Crippen LogP contribution in [0, 0.1) is 0 Å². The summed E-state index contributed by atoms with van der Waals surface area (Å²) in [6, 6.07) is 6.20. The third-order valence-corrected chi connectivity index (χ3v) is 3.37. The largest absolute Gasteiger partial charge is 0.488 e. The quantitative estimate of drug-likeness (QED) is 0.766. The van der Waals surface area contributed by atoms with E-state index in [-0.39, 0.29) is 5.54 Å². The fourth-order valence-corrected chi connectivity index (χ4v) is 1.96. The Hall–Kier alpha value is -0.800. The summed E-state index contributed by atoms with van der Waals surface area (Å²) in [7, 11) is 0. The van der Waals surface area contributed by atoms with E-state index in [1.807, 2.05) is 6.07 Å². The third kappa shape index (κ3) is 6.26. The van der Waals surface area contributed by atoms with Gasteiger partial charge in [-0.15, -0.1) is 0 Å². The molecule has 0 saturated carbocycles. The van der Waals surface area contributed by atoms with Crippen molar-refractivity contribution < 1.29 is 4.74 Å². The third-order valence-electron chi connectivity index (χ3n) is 2.75. The van der Waals surface area contributed by atoms with Crippen LogP contribution in [-0.2, 0) is 6.54 Å². The molecule has 0 unspecified atom stereocenters. The second-order valence-electron chi connectivity index (χ2n) is 5.76. The maximum absolute atomic E-state index is 5.72. The van der Waals surface area contributed by atoms with Crippen molar-refractivity contribution in [3.8, 4) is 5.75 Å². The summed E-state index contributed by atoms with van der Waals surface area (Å²) in [5.41, 5.74) is 2.47. The molecule has 0 saturated heterocycles. The van der Waals surface area contributed by atoms with Gasteiger partial charge in [0.05, 0.1) is 4.47 Å². The first-order valence-corrected chi connectivity index (χ1v) is 7.44. The molecule has 19 heavy (non-hydrogen) atoms. The first-order valence-electron chi connectivity index (χ1n) is 6.64. The summed E-state index contributed by atoms with van der Waals surface area (Å²) in [4.78, 5) is 0. The average molecular weight is 326 g/mol. The number of nitrogens with one attached hydrogen (secondary N) is 1. The number of benzene rings is 1. The van der Waals surface area contributed by atoms with Crippen molar-refractivity contribution >= 4 is 15.9 Å². The van der Waals surface area contributed by atoms with E-state index in [0.29, 0.717) is 6.61 Å². The lowest BCUT2D eigenvalue weighted by Crippen LogP contribution is -2.35. The number of hydrogen-bond donors (Lipinski definition) is 1. The van der Waals surface area contributed by atoms with Crippen LogP contribution in [0.4, 0.5) is 0 Å². The molecule has 1 N–H and O–H groups in total. The molecule has 0 atom stereocenters. The Morgan fingerprint density at radius 3 is 2.58 bits per heavy atom. The van der Waals surface area contributed by atoms with Gasteiger partial charge < -0.3 is 10.1 Å². The van der Waals surface area contributed by atoms with Crippen molar-refractivity contribution in [1.29, 1.82) is 0 Å². The molecule has 0 aliphatic carbocycles. The van der Waals surface area contributed by atoms with Crippen LogP contribution in [0.1, 0.15) is 39.7 Å². The second kappa shape index (κ2) is 7.11. The van der Waals surface area contributed by atoms with Gasteiger partial charge in [0.2, 0.25) is 0 Å². The lowest BCUT2D eigenvalue weighted by atomic mass is 10.1. The van der Waals surface area contributed by atoms with Crippen LogP contribution in [0.25, 0.3) is 0 Å². The van der Waals surface area contributed by atoms with Crippen LogP contribution < -0.4 is 10.1 Å². The molecule has 3 heteroatoms. The first kappa shape index (κ1) is 16.3. The highest BCUT2D eigenvalue weighted by Gasteiger charge is 2.09. The molecule has 0 amide bonds. The number of rotatable bonds is 6. The van der Waals surface area contributed by atoms with E-state index >= 15 is 0 Å². The van der Waals surface area contributed by atoms with Crippen molar-refractivity contribution in [2.24, 2.45) is 0 Å². The van der Waals surface area contributed by atoms with Crippen molar-refractivity contribution in [1.82, 2.24) is 5.32 Å². The summed E-state index contributed by atoms with van der Waals surface area (Å²) in [5, 5.41) is 3.47. The molecule has 1 aromatic rings. The van der Waals surface area contributed by atoms with Gasteiger partial charge in [0.25, 0.3) is 0 Å². The molecular formula is C16H24BrNO. The molecule has 0 aliphatic rings. The van der Waals surface area contributed by atoms with Crippen LogP contribution >= 0.6 is 15.9 Å². The monoisotopic (exact) mass is 325 g/mol. The molecule has 1 rings (SSSR count). The lowest BCUT2D eigenvalue weighted by Gasteiger charge is -2.20. The Morgan fingerprint density at radius 2 is 2.05 bits per heavy atom. The van der Waals surface area contributed by atoms with Crippen molar-refractivity contribution in [2.75, 3.05) is 6.61 Å². The van der Waals surface area contributed by atoms with Gasteiger partial charge >= 0.3 is 0 Å². The number of halogens is 1. The van der Waals surface area contributed by atoms with Gasteiger partial charge in [-0.05, 0) is 66.4 Å². The van der Waals surface area contributed by atoms with Gasteiger partial charge in [0.15, 0.2) is 0 Å². The van der Waals surface area contributed by atoms with Gasteiger partial charge in [-0.25, -0.2) is 0 Å². The molecule has 2 nitrogen and oxygen atoms in total. The Kier molecular flexibility index (Phi) is 6.08. The topological polar surface area (TPSA) is 21.3 Å². The van der Waals surface area contributed by atoms with E-state index in [2.05, 4.69) is 67.7 Å². The molecule has 0 heterocycles. The zero-order chi connectivity index (χ0) is 14.5. The zero-order valence-electron chi connectivity index (χ0n) is 12.3. The van der Waals surface area contributed by atoms with E-state index in [0.717, 1.165) is 28.8 Å². The summed E-state index contributed by atoms with van der Waals surface area (Å²) in [6.07, 6.45) is 0.950. The Balaban J connectivity index is 2.61. The van der Waals surface area contributed by atoms with E-state index < -0.39 is 0 Å². The van der Waals surface area contributed by atoms with Gasteiger partial charge in [-0.2, -0.15) is 0 Å². The van der Waals surface area contributed by atoms with E-state index in [9.17, 15) is 0 Å². The average Bonchev–Trinajstić information content (AvgIpc) is 2.34. The van der Waals surface area contributed by atoms with Crippen molar-refractivity contribution in [2.45, 2.75) is 46.2 Å². The molecule has 0 aliphatic heterocycles. The summed E-state index contributed by atoms with van der Waals surface area (Å²) in [6.45, 7) is 13.9. The fraction of sp³-hybridized carbons (Fsp3) is 0.500. The molecule has 0 aromatic heterocycles. The summed E-state index contributed by atoms with van der Waals surface area (Å²) >= 11 is 3.56. The van der Waals surface area contributed by atoms with Crippen LogP contribution in [-0.4, -0.2) is 12.1 Å². The van der Waals surface area contributed by atoms with Crippen molar-refractivity contribution in [3.05, 3.63) is 40.4 Å². The standard InChI is InChI=1S/C16H24BrNO/c1-6-12(2)11-19-15-8-7-13(9-14(15)17)10-18-16(3,4)5/h7-9,18H,2,6,10-11H2,1,3-5H3. The van der Waals surface area contributed by atoms with Gasteiger partial charge in [-0.1, -0.05) is 19.6 Å². The normalized spacial score (nSPS) is 11.4. The minimum atomic E-state index is 0.126. The molecule has 0 bridgehead atoms. The van der Waals surface area contributed by atoms with Gasteiger partial charge in [0, 0.05) is 12.1 Å². The highest BCUT2D eigenvalue weighted by atomic mass is 79.9. The minimum absolute atomic E-state index is 0.126. The highest BCUT2D eigenvalue weighted by Crippen LogP contribution is 2.26. The Bertz CT molecular complexity index is 435. The molecule has 1 aromatic carbocycles. The SMILES string of the molecule is C=C(CC)COc1ccc(CNC(C)(C)C)cc1Br. The van der Waals surface area contributed by atoms with E-state index in [4.69, 9.17) is 4.74 Å². The summed E-state index contributed by atoms with van der Waals surface area (Å²) in [5.74, 6) is 0.870. The van der Waals surface area contributed by atoms with Crippen LogP contribution in [0.5, 0.6) is 5.75 Å². The smallest absolute Gasteiger partial charge is 0.133 e.